The van der Waals surface area contributed by atoms with Gasteiger partial charge in [0.05, 0.1) is 5.69 Å². The second-order valence-electron chi connectivity index (χ2n) is 8.07. The molecule has 5 N–H and O–H groups in total. The number of halogens is 1. The molecule has 0 bridgehead atoms. The molecule has 1 aromatic carbocycles. The number of fused-ring (bicyclic) bond motifs is 1. The molecule has 1 saturated carbocycles. The van der Waals surface area contributed by atoms with E-state index < -0.39 is 0 Å². The van der Waals surface area contributed by atoms with E-state index in [1.54, 1.807) is 0 Å². The van der Waals surface area contributed by atoms with E-state index in [4.69, 9.17) is 27.3 Å². The van der Waals surface area contributed by atoms with Crippen LogP contribution < -0.4 is 16.4 Å². The van der Waals surface area contributed by atoms with Crippen LogP contribution in [-0.2, 0) is 6.54 Å². The summed E-state index contributed by atoms with van der Waals surface area (Å²) in [5, 5.41) is 15.2. The highest BCUT2D eigenvalue weighted by Crippen LogP contribution is 2.28. The van der Waals surface area contributed by atoms with E-state index in [0.29, 0.717) is 23.3 Å². The zero-order valence-corrected chi connectivity index (χ0v) is 17.6. The molecule has 3 aromatic rings. The molecule has 0 spiro atoms. The van der Waals surface area contributed by atoms with Gasteiger partial charge in [-0.15, -0.1) is 0 Å². The first-order chi connectivity index (χ1) is 14.0. The van der Waals surface area contributed by atoms with Crippen LogP contribution in [0.5, 0.6) is 0 Å². The fourth-order valence-corrected chi connectivity index (χ4v) is 4.06. The van der Waals surface area contributed by atoms with E-state index in [9.17, 15) is 0 Å². The molecule has 0 saturated heterocycles. The molecule has 2 aromatic heterocycles. The minimum atomic E-state index is 0.125. The molecule has 4 rings (SSSR count). The van der Waals surface area contributed by atoms with Gasteiger partial charge in [0.2, 0.25) is 5.95 Å². The summed E-state index contributed by atoms with van der Waals surface area (Å²) >= 11 is 6.11. The summed E-state index contributed by atoms with van der Waals surface area (Å²) in [6, 6.07) is 8.10. The van der Waals surface area contributed by atoms with Crippen LogP contribution in [0.25, 0.3) is 11.0 Å². The van der Waals surface area contributed by atoms with Gasteiger partial charge in [-0.3, -0.25) is 5.10 Å². The lowest BCUT2D eigenvalue weighted by atomic mass is 9.91. The minimum Gasteiger partial charge on any atom is -0.364 e. The Morgan fingerprint density at radius 3 is 2.79 bits per heavy atom. The van der Waals surface area contributed by atoms with Crippen molar-refractivity contribution in [2.24, 2.45) is 5.73 Å². The first-order valence-corrected chi connectivity index (χ1v) is 10.7. The van der Waals surface area contributed by atoms with Gasteiger partial charge in [0.15, 0.2) is 11.3 Å². The van der Waals surface area contributed by atoms with E-state index in [-0.39, 0.29) is 18.0 Å². The highest BCUT2D eigenvalue weighted by molar-refractivity contribution is 6.30. The average molecular weight is 414 g/mol. The number of rotatable bonds is 6. The maximum Gasteiger partial charge on any atom is 0.225 e. The molecular weight excluding hydrogens is 386 g/mol. The number of anilines is 2. The highest BCUT2D eigenvalue weighted by atomic mass is 35.5. The fourth-order valence-electron chi connectivity index (χ4n) is 3.85. The number of nitrogens with two attached hydrogens (primary N) is 1. The van der Waals surface area contributed by atoms with Crippen molar-refractivity contribution in [1.29, 1.82) is 0 Å². The van der Waals surface area contributed by atoms with Crippen LogP contribution in [0.4, 0.5) is 11.8 Å². The number of aromatic nitrogens is 4. The molecule has 8 heteroatoms. The highest BCUT2D eigenvalue weighted by Gasteiger charge is 2.24. The Morgan fingerprint density at radius 2 is 2.03 bits per heavy atom. The molecule has 0 amide bonds. The normalized spacial score (nSPS) is 19.6. The quantitative estimate of drug-likeness (QED) is 0.476. The summed E-state index contributed by atoms with van der Waals surface area (Å²) in [7, 11) is 0. The maximum absolute atomic E-state index is 6.32. The van der Waals surface area contributed by atoms with Gasteiger partial charge < -0.3 is 16.4 Å². The van der Waals surface area contributed by atoms with Gasteiger partial charge in [-0.2, -0.15) is 10.1 Å². The van der Waals surface area contributed by atoms with Crippen molar-refractivity contribution in [3.8, 4) is 0 Å². The Morgan fingerprint density at radius 1 is 1.21 bits per heavy atom. The Kier molecular flexibility index (Phi) is 5.87. The smallest absolute Gasteiger partial charge is 0.225 e. The summed E-state index contributed by atoms with van der Waals surface area (Å²) in [6.07, 6.45) is 4.43. The second kappa shape index (κ2) is 8.55. The molecule has 154 valence electrons. The van der Waals surface area contributed by atoms with E-state index in [2.05, 4.69) is 34.7 Å². The third kappa shape index (κ3) is 4.46. The van der Waals surface area contributed by atoms with Gasteiger partial charge in [0.1, 0.15) is 5.52 Å². The van der Waals surface area contributed by atoms with Crippen LogP contribution >= 0.6 is 11.6 Å². The summed E-state index contributed by atoms with van der Waals surface area (Å²) in [6.45, 7) is 4.84. The van der Waals surface area contributed by atoms with Gasteiger partial charge in [-0.05, 0) is 36.5 Å². The zero-order valence-electron chi connectivity index (χ0n) is 16.9. The molecule has 0 aliphatic heterocycles. The summed E-state index contributed by atoms with van der Waals surface area (Å²) in [5.74, 6) is 1.57. The molecule has 1 fully saturated rings. The Labute approximate surface area is 175 Å². The first-order valence-electron chi connectivity index (χ1n) is 10.3. The monoisotopic (exact) mass is 413 g/mol. The van der Waals surface area contributed by atoms with Gasteiger partial charge in [0, 0.05) is 23.7 Å². The van der Waals surface area contributed by atoms with Gasteiger partial charge in [-0.1, -0.05) is 50.4 Å². The third-order valence-electron chi connectivity index (χ3n) is 5.49. The number of hydrogen-bond donors (Lipinski definition) is 4. The number of hydrogen-bond acceptors (Lipinski definition) is 6. The number of nitrogens with one attached hydrogen (secondary N) is 3. The van der Waals surface area contributed by atoms with Crippen molar-refractivity contribution in [2.75, 3.05) is 10.6 Å². The van der Waals surface area contributed by atoms with Crippen molar-refractivity contribution in [3.05, 3.63) is 40.5 Å². The number of nitrogens with zero attached hydrogens (tertiary/aromatic N) is 3. The number of benzene rings is 1. The Balaban J connectivity index is 1.65. The predicted molar refractivity (Wildman–Crippen MR) is 118 cm³/mol. The van der Waals surface area contributed by atoms with Crippen LogP contribution in [0.15, 0.2) is 24.3 Å². The first kappa shape index (κ1) is 19.9. The van der Waals surface area contributed by atoms with E-state index in [0.717, 1.165) is 35.1 Å². The topological polar surface area (TPSA) is 105 Å². The number of aromatic amines is 1. The standard InChI is InChI=1S/C21H28ClN7/c1-12(2)17-18-19(29-28-17)20(24-11-13-6-5-7-14(22)10-13)27-21(26-18)25-16-9-4-3-8-15(16)23/h5-7,10,12,15-16H,3-4,8-9,11,23H2,1-2H3,(H,28,29)(H2,24,25,26,27). The van der Waals surface area contributed by atoms with Crippen molar-refractivity contribution >= 4 is 34.4 Å². The summed E-state index contributed by atoms with van der Waals surface area (Å²) in [4.78, 5) is 9.52. The maximum atomic E-state index is 6.32. The van der Waals surface area contributed by atoms with E-state index in [1.165, 1.54) is 12.8 Å². The molecule has 1 aliphatic carbocycles. The van der Waals surface area contributed by atoms with E-state index >= 15 is 0 Å². The molecule has 1 aliphatic rings. The van der Waals surface area contributed by atoms with Crippen LogP contribution in [-0.4, -0.2) is 32.2 Å². The predicted octanol–water partition coefficient (Wildman–Crippen LogP) is 4.42. The van der Waals surface area contributed by atoms with Gasteiger partial charge in [-0.25, -0.2) is 4.98 Å². The summed E-state index contributed by atoms with van der Waals surface area (Å²) < 4.78 is 0. The van der Waals surface area contributed by atoms with E-state index in [1.807, 2.05) is 24.3 Å². The van der Waals surface area contributed by atoms with Gasteiger partial charge in [0.25, 0.3) is 0 Å². The average Bonchev–Trinajstić information content (AvgIpc) is 3.12. The summed E-state index contributed by atoms with van der Waals surface area (Å²) in [5.41, 5.74) is 9.99. The minimum absolute atomic E-state index is 0.125. The van der Waals surface area contributed by atoms with Crippen molar-refractivity contribution in [2.45, 2.75) is 64.1 Å². The van der Waals surface area contributed by atoms with Crippen LogP contribution in [0, 0.1) is 0 Å². The molecule has 2 unspecified atom stereocenters. The zero-order chi connectivity index (χ0) is 20.4. The Bertz CT molecular complexity index is 984. The Hall–Kier alpha value is -2.38. The molecule has 2 atom stereocenters. The lowest BCUT2D eigenvalue weighted by molar-refractivity contribution is 0.402. The molecular formula is C21H28ClN7. The number of H-pyrrole nitrogens is 1. The van der Waals surface area contributed by atoms with Gasteiger partial charge >= 0.3 is 0 Å². The largest absolute Gasteiger partial charge is 0.364 e. The van der Waals surface area contributed by atoms with Crippen molar-refractivity contribution in [3.63, 3.8) is 0 Å². The second-order valence-corrected chi connectivity index (χ2v) is 8.50. The van der Waals surface area contributed by atoms with Crippen LogP contribution in [0.3, 0.4) is 0 Å². The van der Waals surface area contributed by atoms with Crippen molar-refractivity contribution in [1.82, 2.24) is 20.2 Å². The lowest BCUT2D eigenvalue weighted by Gasteiger charge is -2.29. The fraction of sp³-hybridized carbons (Fsp3) is 0.476. The SMILES string of the molecule is CC(C)c1[nH]nc2c(NCc3cccc(Cl)c3)nc(NC3CCCCC3N)nc12. The van der Waals surface area contributed by atoms with Crippen LogP contribution in [0.1, 0.15) is 56.7 Å². The molecule has 2 heterocycles. The third-order valence-corrected chi connectivity index (χ3v) is 5.72. The molecule has 29 heavy (non-hydrogen) atoms. The molecule has 0 radical (unpaired) electrons. The van der Waals surface area contributed by atoms with Crippen LogP contribution in [0.2, 0.25) is 5.02 Å². The van der Waals surface area contributed by atoms with Crippen molar-refractivity contribution < 1.29 is 0 Å². The molecule has 7 nitrogen and oxygen atoms in total. The lowest BCUT2D eigenvalue weighted by Crippen LogP contribution is -2.43.